The molecule has 0 N–H and O–H groups in total. The molecule has 0 spiro atoms. The van der Waals surface area contributed by atoms with Gasteiger partial charge < -0.3 is 9.47 Å². The van der Waals surface area contributed by atoms with E-state index in [4.69, 9.17) is 9.47 Å². The summed E-state index contributed by atoms with van der Waals surface area (Å²) in [4.78, 5) is 15.1. The highest BCUT2D eigenvalue weighted by Gasteiger charge is 2.35. The molecule has 2 aromatic rings. The van der Waals surface area contributed by atoms with Gasteiger partial charge in [-0.05, 0) is 75.8 Å². The van der Waals surface area contributed by atoms with Crippen molar-refractivity contribution in [3.8, 4) is 5.75 Å². The zero-order valence-corrected chi connectivity index (χ0v) is 20.1. The second-order valence-electron chi connectivity index (χ2n) is 9.04. The minimum Gasteiger partial charge on any atom is -0.481 e. The number of allylic oxidation sites excluding steroid dienone is 3. The topological polar surface area (TPSA) is 35.5 Å². The van der Waals surface area contributed by atoms with Crippen molar-refractivity contribution in [2.45, 2.75) is 73.5 Å². The lowest BCUT2D eigenvalue weighted by Gasteiger charge is -2.24. The van der Waals surface area contributed by atoms with Crippen LogP contribution in [0.1, 0.15) is 50.2 Å². The third-order valence-electron chi connectivity index (χ3n) is 6.28. The van der Waals surface area contributed by atoms with E-state index < -0.39 is 0 Å². The predicted octanol–water partition coefficient (Wildman–Crippen LogP) is 6.48. The maximum absolute atomic E-state index is 12.4. The molecule has 168 valence electrons. The molecule has 1 saturated carbocycles. The molecule has 3 nitrogen and oxygen atoms in total. The van der Waals surface area contributed by atoms with Crippen LogP contribution in [0.4, 0.5) is 0 Å². The summed E-state index contributed by atoms with van der Waals surface area (Å²) in [6.07, 6.45) is 14.0. The third kappa shape index (κ3) is 5.29. The first-order valence-corrected chi connectivity index (χ1v) is 12.8. The molecule has 2 unspecified atom stereocenters. The number of hydrogen-bond donors (Lipinski definition) is 0. The molecule has 0 heterocycles. The van der Waals surface area contributed by atoms with Crippen LogP contribution in [0.2, 0.25) is 0 Å². The van der Waals surface area contributed by atoms with E-state index in [1.165, 1.54) is 9.79 Å². The Kier molecular flexibility index (Phi) is 7.10. The molecule has 0 radical (unpaired) electrons. The lowest BCUT2D eigenvalue weighted by Crippen LogP contribution is -2.30. The predicted molar refractivity (Wildman–Crippen MR) is 131 cm³/mol. The molecule has 0 saturated heterocycles. The number of esters is 1. The van der Waals surface area contributed by atoms with Crippen LogP contribution in [0, 0.1) is 13.8 Å². The molecule has 4 rings (SSSR count). The zero-order valence-electron chi connectivity index (χ0n) is 19.3. The molecule has 2 aromatic carbocycles. The molecule has 32 heavy (non-hydrogen) atoms. The SMILES string of the molecule is Cc1cc([S+](c2ccccc2)C2C=CC=CC2)cc(C)c1OCC(=O)OC1(C)CCCC1. The zero-order chi connectivity index (χ0) is 22.6. The van der Waals surface area contributed by atoms with Crippen molar-refractivity contribution in [3.63, 3.8) is 0 Å². The first kappa shape index (κ1) is 22.7. The van der Waals surface area contributed by atoms with Crippen molar-refractivity contribution >= 4 is 16.9 Å². The average Bonchev–Trinajstić information content (AvgIpc) is 3.20. The smallest absolute Gasteiger partial charge is 0.344 e. The van der Waals surface area contributed by atoms with E-state index >= 15 is 0 Å². The van der Waals surface area contributed by atoms with Crippen LogP contribution in [0.3, 0.4) is 0 Å². The summed E-state index contributed by atoms with van der Waals surface area (Å²) in [6.45, 7) is 6.12. The fourth-order valence-electron chi connectivity index (χ4n) is 4.71. The van der Waals surface area contributed by atoms with E-state index in [0.717, 1.165) is 49.0 Å². The quantitative estimate of drug-likeness (QED) is 0.358. The van der Waals surface area contributed by atoms with Crippen molar-refractivity contribution < 1.29 is 14.3 Å². The van der Waals surface area contributed by atoms with Gasteiger partial charge in [-0.15, -0.1) is 0 Å². The van der Waals surface area contributed by atoms with Gasteiger partial charge in [-0.2, -0.15) is 0 Å². The first-order valence-electron chi connectivity index (χ1n) is 11.5. The Morgan fingerprint density at radius 2 is 1.72 bits per heavy atom. The molecule has 2 atom stereocenters. The van der Waals surface area contributed by atoms with Crippen molar-refractivity contribution in [2.24, 2.45) is 0 Å². The monoisotopic (exact) mass is 449 g/mol. The number of benzene rings is 2. The molecule has 1 fully saturated rings. The van der Waals surface area contributed by atoms with E-state index in [9.17, 15) is 4.79 Å². The molecular formula is C28H33O3S+. The van der Waals surface area contributed by atoms with Crippen LogP contribution < -0.4 is 4.74 Å². The normalized spacial score (nSPS) is 20.2. The molecule has 0 amide bonds. The second-order valence-corrected chi connectivity index (χ2v) is 11.3. The Balaban J connectivity index is 1.53. The van der Waals surface area contributed by atoms with Crippen LogP contribution in [-0.4, -0.2) is 23.4 Å². The van der Waals surface area contributed by atoms with Gasteiger partial charge in [-0.25, -0.2) is 4.79 Å². The van der Waals surface area contributed by atoms with Crippen molar-refractivity contribution in [1.82, 2.24) is 0 Å². The standard InChI is InChI=1S/C28H33O3S/c1-21-18-25(32(23-12-6-4-7-13-23)24-14-8-5-9-15-24)19-22(2)27(21)30-20-26(29)31-28(3)16-10-11-17-28/h4-9,12-14,18-19,24H,10-11,15-17,20H2,1-3H3/q+1. The Morgan fingerprint density at radius 3 is 2.34 bits per heavy atom. The van der Waals surface area contributed by atoms with Gasteiger partial charge in [0.15, 0.2) is 21.6 Å². The Labute approximate surface area is 194 Å². The number of hydrogen-bond acceptors (Lipinski definition) is 3. The van der Waals surface area contributed by atoms with Gasteiger partial charge in [0.25, 0.3) is 0 Å². The molecule has 2 aliphatic carbocycles. The summed E-state index contributed by atoms with van der Waals surface area (Å²) in [6, 6.07) is 15.2. The third-order valence-corrected chi connectivity index (χ3v) is 8.76. The molecule has 0 aliphatic heterocycles. The van der Waals surface area contributed by atoms with Gasteiger partial charge >= 0.3 is 5.97 Å². The largest absolute Gasteiger partial charge is 0.481 e. The first-order chi connectivity index (χ1) is 15.5. The van der Waals surface area contributed by atoms with Gasteiger partial charge in [-0.3, -0.25) is 0 Å². The minimum atomic E-state index is -0.319. The Bertz CT molecular complexity index is 980. The molecule has 0 bridgehead atoms. The van der Waals surface area contributed by atoms with E-state index in [1.54, 1.807) is 0 Å². The number of carbonyl (C=O) groups is 1. The van der Waals surface area contributed by atoms with Crippen LogP contribution in [0.15, 0.2) is 76.6 Å². The van der Waals surface area contributed by atoms with Crippen LogP contribution >= 0.6 is 0 Å². The lowest BCUT2D eigenvalue weighted by atomic mass is 10.1. The molecular weight excluding hydrogens is 416 g/mol. The van der Waals surface area contributed by atoms with Crippen LogP contribution in [0.5, 0.6) is 5.75 Å². The van der Waals surface area contributed by atoms with Gasteiger partial charge in [0.1, 0.15) is 11.4 Å². The van der Waals surface area contributed by atoms with Crippen molar-refractivity contribution in [2.75, 3.05) is 6.61 Å². The van der Waals surface area contributed by atoms with E-state index in [2.05, 4.69) is 80.6 Å². The Morgan fingerprint density at radius 1 is 1.03 bits per heavy atom. The summed E-state index contributed by atoms with van der Waals surface area (Å²) in [7, 11) is -0.0735. The van der Waals surface area contributed by atoms with Gasteiger partial charge in [0.2, 0.25) is 0 Å². The number of carbonyl (C=O) groups excluding carboxylic acids is 1. The maximum Gasteiger partial charge on any atom is 0.344 e. The van der Waals surface area contributed by atoms with Gasteiger partial charge in [0, 0.05) is 18.6 Å². The summed E-state index contributed by atoms with van der Waals surface area (Å²) in [5, 5.41) is 0.440. The summed E-state index contributed by atoms with van der Waals surface area (Å²) in [5.41, 5.74) is 1.80. The highest BCUT2D eigenvalue weighted by molar-refractivity contribution is 7.97. The molecule has 0 aromatic heterocycles. The fraction of sp³-hybridized carbons (Fsp3) is 0.393. The van der Waals surface area contributed by atoms with E-state index in [1.807, 2.05) is 6.92 Å². The maximum atomic E-state index is 12.4. The van der Waals surface area contributed by atoms with Crippen LogP contribution in [0.25, 0.3) is 0 Å². The highest BCUT2D eigenvalue weighted by atomic mass is 32.2. The Hall–Kier alpha value is -2.46. The molecule has 4 heteroatoms. The van der Waals surface area contributed by atoms with Gasteiger partial charge in [0.05, 0.1) is 10.9 Å². The summed E-state index contributed by atoms with van der Waals surface area (Å²) >= 11 is 0. The second kappa shape index (κ2) is 9.99. The molecule has 2 aliphatic rings. The summed E-state index contributed by atoms with van der Waals surface area (Å²) < 4.78 is 11.7. The van der Waals surface area contributed by atoms with Crippen LogP contribution in [-0.2, 0) is 20.4 Å². The number of aryl methyl sites for hydroxylation is 2. The van der Waals surface area contributed by atoms with Crippen molar-refractivity contribution in [1.29, 1.82) is 0 Å². The number of ether oxygens (including phenoxy) is 2. The average molecular weight is 450 g/mol. The van der Waals surface area contributed by atoms with Crippen molar-refractivity contribution in [3.05, 3.63) is 77.9 Å². The van der Waals surface area contributed by atoms with Gasteiger partial charge in [-0.1, -0.05) is 36.4 Å². The highest BCUT2D eigenvalue weighted by Crippen LogP contribution is 2.36. The van der Waals surface area contributed by atoms with E-state index in [-0.39, 0.29) is 29.1 Å². The summed E-state index contributed by atoms with van der Waals surface area (Å²) in [5.74, 6) is 0.512. The minimum absolute atomic E-state index is 0.0445. The lowest BCUT2D eigenvalue weighted by molar-refractivity contribution is -0.159. The number of rotatable bonds is 7. The fourth-order valence-corrected chi connectivity index (χ4v) is 7.29. The van der Waals surface area contributed by atoms with E-state index in [0.29, 0.717) is 5.25 Å².